The first-order valence-electron chi connectivity index (χ1n) is 9.24. The number of carbonyl (C=O) groups excluding carboxylic acids is 1. The van der Waals surface area contributed by atoms with Gasteiger partial charge < -0.3 is 10.1 Å². The second kappa shape index (κ2) is 8.14. The second-order valence-electron chi connectivity index (χ2n) is 7.76. The molecule has 0 aliphatic carbocycles. The van der Waals surface area contributed by atoms with Crippen LogP contribution in [0.4, 0.5) is 19.0 Å². The van der Waals surface area contributed by atoms with Crippen LogP contribution in [0.2, 0.25) is 0 Å². The van der Waals surface area contributed by atoms with E-state index >= 15 is 0 Å². The first-order valence-corrected chi connectivity index (χ1v) is 9.24. The van der Waals surface area contributed by atoms with Crippen LogP contribution in [0.1, 0.15) is 42.4 Å². The zero-order valence-electron chi connectivity index (χ0n) is 17.0. The SMILES string of the molecule is CC(C)(C)c1cc(NC(=O)c2ccc(OC(F)(F)F)cc2)n(-c2ccc(C#N)cc2)n1. The van der Waals surface area contributed by atoms with Crippen molar-refractivity contribution >= 4 is 11.7 Å². The molecule has 0 spiro atoms. The van der Waals surface area contributed by atoms with E-state index in [1.165, 1.54) is 12.1 Å². The van der Waals surface area contributed by atoms with Crippen molar-refractivity contribution in [1.82, 2.24) is 9.78 Å². The molecule has 0 saturated carbocycles. The lowest BCUT2D eigenvalue weighted by atomic mass is 9.92. The molecule has 0 bridgehead atoms. The van der Waals surface area contributed by atoms with Gasteiger partial charge in [-0.15, -0.1) is 13.2 Å². The molecular weight excluding hydrogens is 409 g/mol. The number of benzene rings is 2. The average Bonchev–Trinajstić information content (AvgIpc) is 3.11. The summed E-state index contributed by atoms with van der Waals surface area (Å²) in [6, 6.07) is 15.1. The van der Waals surface area contributed by atoms with Crippen molar-refractivity contribution in [1.29, 1.82) is 5.26 Å². The Kier molecular flexibility index (Phi) is 5.75. The van der Waals surface area contributed by atoms with Gasteiger partial charge in [0.05, 0.1) is 23.0 Å². The average molecular weight is 428 g/mol. The Bertz CT molecular complexity index is 1120. The van der Waals surface area contributed by atoms with E-state index in [-0.39, 0.29) is 11.0 Å². The summed E-state index contributed by atoms with van der Waals surface area (Å²) >= 11 is 0. The number of amides is 1. The number of alkyl halides is 3. The number of nitriles is 1. The number of hydrogen-bond acceptors (Lipinski definition) is 4. The van der Waals surface area contributed by atoms with Gasteiger partial charge >= 0.3 is 6.36 Å². The highest BCUT2D eigenvalue weighted by Crippen LogP contribution is 2.27. The minimum Gasteiger partial charge on any atom is -0.406 e. The molecule has 0 aliphatic heterocycles. The van der Waals surface area contributed by atoms with Gasteiger partial charge in [-0.25, -0.2) is 4.68 Å². The van der Waals surface area contributed by atoms with Crippen LogP contribution in [-0.2, 0) is 5.41 Å². The van der Waals surface area contributed by atoms with Gasteiger partial charge in [-0.05, 0) is 48.5 Å². The van der Waals surface area contributed by atoms with E-state index < -0.39 is 18.0 Å². The molecule has 160 valence electrons. The number of carbonyl (C=O) groups is 1. The van der Waals surface area contributed by atoms with Crippen LogP contribution >= 0.6 is 0 Å². The van der Waals surface area contributed by atoms with Gasteiger partial charge in [-0.2, -0.15) is 10.4 Å². The van der Waals surface area contributed by atoms with E-state index in [9.17, 15) is 18.0 Å². The Morgan fingerprint density at radius 3 is 2.19 bits per heavy atom. The summed E-state index contributed by atoms with van der Waals surface area (Å²) in [4.78, 5) is 12.7. The zero-order valence-corrected chi connectivity index (χ0v) is 17.0. The fourth-order valence-electron chi connectivity index (χ4n) is 2.71. The Labute approximate surface area is 176 Å². The van der Waals surface area contributed by atoms with E-state index in [1.807, 2.05) is 26.8 Å². The van der Waals surface area contributed by atoms with Crippen molar-refractivity contribution in [3.05, 3.63) is 71.4 Å². The predicted molar refractivity (Wildman–Crippen MR) is 108 cm³/mol. The van der Waals surface area contributed by atoms with E-state index in [0.717, 1.165) is 17.8 Å². The highest BCUT2D eigenvalue weighted by molar-refractivity contribution is 6.04. The minimum atomic E-state index is -4.80. The van der Waals surface area contributed by atoms with Crippen LogP contribution in [0.3, 0.4) is 0 Å². The molecule has 0 aliphatic rings. The molecule has 1 heterocycles. The number of aromatic nitrogens is 2. The Morgan fingerprint density at radius 2 is 1.68 bits per heavy atom. The molecule has 3 rings (SSSR count). The van der Waals surface area contributed by atoms with E-state index in [1.54, 1.807) is 35.0 Å². The maximum atomic E-state index is 12.7. The summed E-state index contributed by atoms with van der Waals surface area (Å²) in [5, 5.41) is 16.3. The summed E-state index contributed by atoms with van der Waals surface area (Å²) < 4.78 is 42.3. The molecule has 6 nitrogen and oxygen atoms in total. The molecule has 0 fully saturated rings. The van der Waals surface area contributed by atoms with Crippen LogP contribution in [-0.4, -0.2) is 22.1 Å². The second-order valence-corrected chi connectivity index (χ2v) is 7.76. The van der Waals surface area contributed by atoms with Crippen molar-refractivity contribution < 1.29 is 22.7 Å². The maximum absolute atomic E-state index is 12.7. The number of nitrogens with one attached hydrogen (secondary N) is 1. The van der Waals surface area contributed by atoms with Gasteiger partial charge in [0.25, 0.3) is 5.91 Å². The molecular formula is C22H19F3N4O2. The van der Waals surface area contributed by atoms with Gasteiger partial charge in [-0.3, -0.25) is 4.79 Å². The van der Waals surface area contributed by atoms with Crippen molar-refractivity contribution in [2.75, 3.05) is 5.32 Å². The Balaban J connectivity index is 1.90. The molecule has 2 aromatic carbocycles. The van der Waals surface area contributed by atoms with Crippen LogP contribution in [0, 0.1) is 11.3 Å². The lowest BCUT2D eigenvalue weighted by Crippen LogP contribution is -2.18. The molecule has 0 atom stereocenters. The van der Waals surface area contributed by atoms with Crippen LogP contribution in [0.25, 0.3) is 5.69 Å². The van der Waals surface area contributed by atoms with Gasteiger partial charge in [0.15, 0.2) is 0 Å². The lowest BCUT2D eigenvalue weighted by molar-refractivity contribution is -0.274. The van der Waals surface area contributed by atoms with Gasteiger partial charge in [0, 0.05) is 17.0 Å². The van der Waals surface area contributed by atoms with Crippen LogP contribution in [0.15, 0.2) is 54.6 Å². The summed E-state index contributed by atoms with van der Waals surface area (Å²) in [5.74, 6) is -0.550. The number of rotatable bonds is 4. The fraction of sp³-hybridized carbons (Fsp3) is 0.227. The molecule has 1 amide bonds. The van der Waals surface area contributed by atoms with E-state index in [4.69, 9.17) is 5.26 Å². The highest BCUT2D eigenvalue weighted by atomic mass is 19.4. The van der Waals surface area contributed by atoms with E-state index in [0.29, 0.717) is 17.1 Å². The van der Waals surface area contributed by atoms with Crippen molar-refractivity contribution in [2.45, 2.75) is 32.5 Å². The quantitative estimate of drug-likeness (QED) is 0.620. The minimum absolute atomic E-state index is 0.152. The molecule has 3 aromatic rings. The third-order valence-corrected chi connectivity index (χ3v) is 4.31. The maximum Gasteiger partial charge on any atom is 0.573 e. The highest BCUT2D eigenvalue weighted by Gasteiger charge is 2.31. The summed E-state index contributed by atoms with van der Waals surface area (Å²) in [6.45, 7) is 5.93. The lowest BCUT2D eigenvalue weighted by Gasteiger charge is -2.14. The van der Waals surface area contributed by atoms with Crippen molar-refractivity contribution in [3.63, 3.8) is 0 Å². The number of anilines is 1. The van der Waals surface area contributed by atoms with E-state index in [2.05, 4.69) is 15.2 Å². The summed E-state index contributed by atoms with van der Waals surface area (Å²) in [5.41, 5.74) is 1.70. The van der Waals surface area contributed by atoms with Gasteiger partial charge in [0.1, 0.15) is 11.6 Å². The monoisotopic (exact) mass is 428 g/mol. The topological polar surface area (TPSA) is 79.9 Å². The summed E-state index contributed by atoms with van der Waals surface area (Å²) in [7, 11) is 0. The van der Waals surface area contributed by atoms with Crippen molar-refractivity contribution in [3.8, 4) is 17.5 Å². The van der Waals surface area contributed by atoms with Crippen LogP contribution in [0.5, 0.6) is 5.75 Å². The molecule has 0 unspecified atom stereocenters. The Morgan fingerprint density at radius 1 is 1.06 bits per heavy atom. The normalized spacial score (nSPS) is 11.6. The Hall–Kier alpha value is -3.80. The first-order chi connectivity index (χ1) is 14.5. The third kappa shape index (κ3) is 5.42. The number of ether oxygens (including phenoxy) is 1. The number of hydrogen-bond donors (Lipinski definition) is 1. The standard InChI is InChI=1S/C22H19F3N4O2/c1-21(2,3)18-12-19(29(28-18)16-8-4-14(13-26)5-9-16)27-20(30)15-6-10-17(11-7-15)31-22(23,24)25/h4-12H,1-3H3,(H,27,30). The fourth-order valence-corrected chi connectivity index (χ4v) is 2.71. The van der Waals surface area contributed by atoms with Crippen LogP contribution < -0.4 is 10.1 Å². The van der Waals surface area contributed by atoms with Crippen molar-refractivity contribution in [2.24, 2.45) is 0 Å². The zero-order chi connectivity index (χ0) is 22.8. The largest absolute Gasteiger partial charge is 0.573 e. The molecule has 0 radical (unpaired) electrons. The summed E-state index contributed by atoms with van der Waals surface area (Å²) in [6.07, 6.45) is -4.80. The molecule has 1 N–H and O–H groups in total. The van der Waals surface area contributed by atoms with Gasteiger partial charge in [-0.1, -0.05) is 20.8 Å². The molecule has 1 aromatic heterocycles. The number of halogens is 3. The smallest absolute Gasteiger partial charge is 0.406 e. The molecule has 31 heavy (non-hydrogen) atoms. The molecule has 9 heteroatoms. The first kappa shape index (κ1) is 21.9. The third-order valence-electron chi connectivity index (χ3n) is 4.31. The molecule has 0 saturated heterocycles. The van der Waals surface area contributed by atoms with Gasteiger partial charge in [0.2, 0.25) is 0 Å². The predicted octanol–water partition coefficient (Wildman–Crippen LogP) is 5.19. The number of nitrogens with zero attached hydrogens (tertiary/aromatic N) is 3.